The molecule has 3 nitrogen and oxygen atoms in total. The highest BCUT2D eigenvalue weighted by atomic mass is 16.6. The summed E-state index contributed by atoms with van der Waals surface area (Å²) >= 11 is 0. The maximum atomic E-state index is 5.21. The summed E-state index contributed by atoms with van der Waals surface area (Å²) in [6.45, 7) is 10.9. The number of hydrogen-bond acceptors (Lipinski definition) is 3. The standard InChI is InChI=1S/C12H20N2O/c1-6-15-14-11(5)12-8(2)7-9(3)13-10(12)4/h7,11,14H,6H2,1-5H3. The Bertz CT molecular complexity index is 313. The van der Waals surface area contributed by atoms with Gasteiger partial charge in [0.05, 0.1) is 12.6 Å². The van der Waals surface area contributed by atoms with Crippen LogP contribution < -0.4 is 5.48 Å². The van der Waals surface area contributed by atoms with E-state index < -0.39 is 0 Å². The molecule has 0 aliphatic heterocycles. The molecule has 1 heterocycles. The van der Waals surface area contributed by atoms with Crippen molar-refractivity contribution in [1.29, 1.82) is 0 Å². The van der Waals surface area contributed by atoms with Gasteiger partial charge in [0.25, 0.3) is 0 Å². The highest BCUT2D eigenvalue weighted by Gasteiger charge is 2.12. The Morgan fingerprint density at radius 2 is 2.07 bits per heavy atom. The lowest BCUT2D eigenvalue weighted by Gasteiger charge is -2.18. The molecule has 1 atom stereocenters. The third-order valence-electron chi connectivity index (χ3n) is 2.42. The highest BCUT2D eigenvalue weighted by molar-refractivity contribution is 5.33. The number of aryl methyl sites for hydroxylation is 3. The number of nitrogens with zero attached hydrogens (tertiary/aromatic N) is 1. The Balaban J connectivity index is 2.92. The molecular formula is C12H20N2O. The third-order valence-corrected chi connectivity index (χ3v) is 2.42. The van der Waals surface area contributed by atoms with E-state index in [-0.39, 0.29) is 6.04 Å². The highest BCUT2D eigenvalue weighted by Crippen LogP contribution is 2.20. The molecule has 1 unspecified atom stereocenters. The van der Waals surface area contributed by atoms with Crippen molar-refractivity contribution in [2.45, 2.75) is 40.7 Å². The Morgan fingerprint density at radius 1 is 1.40 bits per heavy atom. The summed E-state index contributed by atoms with van der Waals surface area (Å²) in [5, 5.41) is 0. The first-order chi connectivity index (χ1) is 7.06. The van der Waals surface area contributed by atoms with Gasteiger partial charge in [0.1, 0.15) is 0 Å². The number of pyridine rings is 1. The number of aromatic nitrogens is 1. The predicted molar refractivity (Wildman–Crippen MR) is 61.6 cm³/mol. The fourth-order valence-electron chi connectivity index (χ4n) is 1.96. The molecule has 0 aliphatic rings. The smallest absolute Gasteiger partial charge is 0.0654 e. The Labute approximate surface area is 91.8 Å². The quantitative estimate of drug-likeness (QED) is 0.772. The van der Waals surface area contributed by atoms with Crippen molar-refractivity contribution in [3.05, 3.63) is 28.6 Å². The number of rotatable bonds is 4. The molecule has 0 amide bonds. The van der Waals surface area contributed by atoms with Crippen LogP contribution in [0.15, 0.2) is 6.07 Å². The van der Waals surface area contributed by atoms with Gasteiger partial charge < -0.3 is 4.84 Å². The molecule has 0 saturated carbocycles. The molecule has 0 fully saturated rings. The minimum absolute atomic E-state index is 0.179. The SMILES string of the molecule is CCONC(C)c1c(C)cc(C)nc1C. The average Bonchev–Trinajstić information content (AvgIpc) is 2.12. The molecule has 1 N–H and O–H groups in total. The van der Waals surface area contributed by atoms with Crippen molar-refractivity contribution < 1.29 is 4.84 Å². The van der Waals surface area contributed by atoms with E-state index in [0.29, 0.717) is 6.61 Å². The lowest BCUT2D eigenvalue weighted by Crippen LogP contribution is -2.21. The molecule has 1 rings (SSSR count). The van der Waals surface area contributed by atoms with Gasteiger partial charge in [0.15, 0.2) is 0 Å². The van der Waals surface area contributed by atoms with E-state index in [0.717, 1.165) is 11.4 Å². The largest absolute Gasteiger partial charge is 0.302 e. The van der Waals surface area contributed by atoms with Crippen LogP contribution in [-0.2, 0) is 4.84 Å². The molecule has 0 radical (unpaired) electrons. The van der Waals surface area contributed by atoms with Gasteiger partial charge >= 0.3 is 0 Å². The van der Waals surface area contributed by atoms with Crippen molar-refractivity contribution in [3.8, 4) is 0 Å². The van der Waals surface area contributed by atoms with E-state index in [2.05, 4.69) is 30.4 Å². The minimum Gasteiger partial charge on any atom is -0.302 e. The topological polar surface area (TPSA) is 34.1 Å². The van der Waals surface area contributed by atoms with Crippen LogP contribution in [0.4, 0.5) is 0 Å². The second-order valence-corrected chi connectivity index (χ2v) is 3.85. The first kappa shape index (κ1) is 12.1. The lowest BCUT2D eigenvalue weighted by molar-refractivity contribution is 0.0281. The summed E-state index contributed by atoms with van der Waals surface area (Å²) in [5.74, 6) is 0. The lowest BCUT2D eigenvalue weighted by atomic mass is 10.0. The predicted octanol–water partition coefficient (Wildman–Crippen LogP) is 2.61. The van der Waals surface area contributed by atoms with E-state index in [1.54, 1.807) is 0 Å². The normalized spacial score (nSPS) is 12.9. The Hall–Kier alpha value is -0.930. The fraction of sp³-hybridized carbons (Fsp3) is 0.583. The van der Waals surface area contributed by atoms with Crippen LogP contribution in [0.3, 0.4) is 0 Å². The van der Waals surface area contributed by atoms with Crippen LogP contribution in [-0.4, -0.2) is 11.6 Å². The summed E-state index contributed by atoms with van der Waals surface area (Å²) in [5.41, 5.74) is 7.65. The van der Waals surface area contributed by atoms with Gasteiger partial charge in [-0.15, -0.1) is 0 Å². The fourth-order valence-corrected chi connectivity index (χ4v) is 1.96. The number of nitrogens with one attached hydrogen (secondary N) is 1. The minimum atomic E-state index is 0.179. The number of hydrogen-bond donors (Lipinski definition) is 1. The van der Waals surface area contributed by atoms with Crippen molar-refractivity contribution in [1.82, 2.24) is 10.5 Å². The van der Waals surface area contributed by atoms with Crippen LogP contribution in [0.2, 0.25) is 0 Å². The van der Waals surface area contributed by atoms with Crippen LogP contribution >= 0.6 is 0 Å². The van der Waals surface area contributed by atoms with Gasteiger partial charge in [-0.1, -0.05) is 0 Å². The molecule has 0 spiro atoms. The summed E-state index contributed by atoms with van der Waals surface area (Å²) in [4.78, 5) is 9.68. The molecule has 15 heavy (non-hydrogen) atoms. The van der Waals surface area contributed by atoms with E-state index >= 15 is 0 Å². The first-order valence-corrected chi connectivity index (χ1v) is 5.38. The summed E-state index contributed by atoms with van der Waals surface area (Å²) < 4.78 is 0. The van der Waals surface area contributed by atoms with E-state index in [4.69, 9.17) is 4.84 Å². The van der Waals surface area contributed by atoms with Gasteiger partial charge in [-0.05, 0) is 51.8 Å². The second-order valence-electron chi connectivity index (χ2n) is 3.85. The molecule has 1 aromatic heterocycles. The van der Waals surface area contributed by atoms with Crippen LogP contribution in [0.1, 0.15) is 42.4 Å². The van der Waals surface area contributed by atoms with Gasteiger partial charge in [-0.3, -0.25) is 4.98 Å². The number of hydroxylamine groups is 1. The van der Waals surface area contributed by atoms with E-state index in [1.807, 2.05) is 20.8 Å². The van der Waals surface area contributed by atoms with Crippen LogP contribution in [0.5, 0.6) is 0 Å². The summed E-state index contributed by atoms with van der Waals surface area (Å²) in [6, 6.07) is 2.28. The Morgan fingerprint density at radius 3 is 2.60 bits per heavy atom. The molecular weight excluding hydrogens is 188 g/mol. The second kappa shape index (κ2) is 5.24. The average molecular weight is 208 g/mol. The van der Waals surface area contributed by atoms with E-state index in [1.165, 1.54) is 11.1 Å². The molecule has 1 aromatic rings. The monoisotopic (exact) mass is 208 g/mol. The molecule has 0 aliphatic carbocycles. The molecule has 0 bridgehead atoms. The van der Waals surface area contributed by atoms with Crippen LogP contribution in [0, 0.1) is 20.8 Å². The van der Waals surface area contributed by atoms with Crippen molar-refractivity contribution >= 4 is 0 Å². The zero-order valence-corrected chi connectivity index (χ0v) is 10.2. The van der Waals surface area contributed by atoms with Crippen molar-refractivity contribution in [2.24, 2.45) is 0 Å². The zero-order chi connectivity index (χ0) is 11.4. The zero-order valence-electron chi connectivity index (χ0n) is 10.2. The van der Waals surface area contributed by atoms with Crippen LogP contribution in [0.25, 0.3) is 0 Å². The first-order valence-electron chi connectivity index (χ1n) is 5.38. The third kappa shape index (κ3) is 3.01. The van der Waals surface area contributed by atoms with Gasteiger partial charge in [-0.2, -0.15) is 5.48 Å². The Kier molecular flexibility index (Phi) is 4.24. The molecule has 3 heteroatoms. The van der Waals surface area contributed by atoms with Crippen molar-refractivity contribution in [2.75, 3.05) is 6.61 Å². The molecule has 84 valence electrons. The van der Waals surface area contributed by atoms with E-state index in [9.17, 15) is 0 Å². The summed E-state index contributed by atoms with van der Waals surface area (Å²) in [7, 11) is 0. The van der Waals surface area contributed by atoms with Gasteiger partial charge in [-0.25, -0.2) is 0 Å². The van der Waals surface area contributed by atoms with Gasteiger partial charge in [0.2, 0.25) is 0 Å². The summed E-state index contributed by atoms with van der Waals surface area (Å²) in [6.07, 6.45) is 0. The van der Waals surface area contributed by atoms with Gasteiger partial charge in [0, 0.05) is 11.4 Å². The maximum Gasteiger partial charge on any atom is 0.0654 e. The maximum absolute atomic E-state index is 5.21. The molecule has 0 saturated heterocycles. The molecule has 0 aromatic carbocycles. The van der Waals surface area contributed by atoms with Crippen molar-refractivity contribution in [3.63, 3.8) is 0 Å².